The molecular formula is C35H38Cl2N2O6. The van der Waals surface area contributed by atoms with E-state index in [0.29, 0.717) is 35.1 Å². The number of nitrogens with zero attached hydrogens (tertiary/aromatic N) is 2. The number of methoxy groups -OCH3 is 1. The van der Waals surface area contributed by atoms with Gasteiger partial charge in [-0.25, -0.2) is 0 Å². The van der Waals surface area contributed by atoms with E-state index in [0.717, 1.165) is 55.7 Å². The molecule has 0 spiro atoms. The third-order valence-corrected chi connectivity index (χ3v) is 9.58. The number of hydrogen-bond acceptors (Lipinski definition) is 6. The topological polar surface area (TPSA) is 96.4 Å². The number of hydrogen-bond donors (Lipinski definition) is 1. The fourth-order valence-corrected chi connectivity index (χ4v) is 7.22. The minimum absolute atomic E-state index is 0. The Kier molecular flexibility index (Phi) is 10.4. The highest BCUT2D eigenvalue weighted by atomic mass is 35.5. The molecule has 1 fully saturated rings. The summed E-state index contributed by atoms with van der Waals surface area (Å²) in [4.78, 5) is 40.7. The van der Waals surface area contributed by atoms with Gasteiger partial charge in [-0.2, -0.15) is 0 Å². The molecule has 8 nitrogen and oxygen atoms in total. The second-order valence-electron chi connectivity index (χ2n) is 12.0. The molecule has 1 heterocycles. The van der Waals surface area contributed by atoms with Crippen LogP contribution >= 0.6 is 24.0 Å². The van der Waals surface area contributed by atoms with Gasteiger partial charge >= 0.3 is 5.97 Å². The first-order chi connectivity index (χ1) is 21.3. The van der Waals surface area contributed by atoms with Crippen LogP contribution in [0.4, 0.5) is 0 Å². The first-order valence-corrected chi connectivity index (χ1v) is 15.7. The van der Waals surface area contributed by atoms with Gasteiger partial charge in [0.05, 0.1) is 30.7 Å². The highest BCUT2D eigenvalue weighted by Crippen LogP contribution is 2.40. The van der Waals surface area contributed by atoms with E-state index < -0.39 is 5.97 Å². The molecule has 0 radical (unpaired) electrons. The molecule has 1 aliphatic heterocycles. The fourth-order valence-electron chi connectivity index (χ4n) is 7.02. The van der Waals surface area contributed by atoms with Crippen LogP contribution in [0.1, 0.15) is 75.6 Å². The Morgan fingerprint density at radius 2 is 1.67 bits per heavy atom. The minimum Gasteiger partial charge on any atom is -0.493 e. The van der Waals surface area contributed by atoms with Crippen molar-refractivity contribution in [1.29, 1.82) is 0 Å². The maximum atomic E-state index is 12.7. The van der Waals surface area contributed by atoms with Crippen molar-refractivity contribution in [2.45, 2.75) is 51.1 Å². The minimum atomic E-state index is -0.681. The van der Waals surface area contributed by atoms with Crippen molar-refractivity contribution in [1.82, 2.24) is 9.80 Å². The molecule has 3 aliphatic rings. The lowest BCUT2D eigenvalue weighted by atomic mass is 9.81. The molecule has 2 aliphatic carbocycles. The normalized spacial score (nSPS) is 20.5. The Balaban J connectivity index is 0.00000400. The molecule has 0 aromatic heterocycles. The number of imide groups is 1. The monoisotopic (exact) mass is 652 g/mol. The second-order valence-corrected chi connectivity index (χ2v) is 12.5. The zero-order valence-corrected chi connectivity index (χ0v) is 26.8. The summed E-state index contributed by atoms with van der Waals surface area (Å²) in [7, 11) is 1.60. The quantitative estimate of drug-likeness (QED) is 0.227. The van der Waals surface area contributed by atoms with Gasteiger partial charge in [-0.1, -0.05) is 35.9 Å². The molecule has 6 rings (SSSR count). The summed E-state index contributed by atoms with van der Waals surface area (Å²) in [5, 5.41) is 10.2. The van der Waals surface area contributed by atoms with Crippen LogP contribution in [-0.2, 0) is 17.8 Å². The van der Waals surface area contributed by atoms with Crippen molar-refractivity contribution in [3.63, 3.8) is 0 Å². The van der Waals surface area contributed by atoms with Crippen LogP contribution in [0.5, 0.6) is 11.5 Å². The van der Waals surface area contributed by atoms with Gasteiger partial charge in [-0.05, 0) is 97.5 Å². The molecule has 0 unspecified atom stereocenters. The Bertz CT molecular complexity index is 1540. The number of aryl methyl sites for hydroxylation is 1. The number of carbonyl (C=O) groups excluding carboxylic acids is 2. The summed E-state index contributed by atoms with van der Waals surface area (Å²) in [5.41, 5.74) is 4.53. The Morgan fingerprint density at radius 1 is 0.956 bits per heavy atom. The summed E-state index contributed by atoms with van der Waals surface area (Å²) in [6.45, 7) is 1.88. The molecule has 3 aromatic carbocycles. The highest BCUT2D eigenvalue weighted by Gasteiger charge is 2.35. The standard InChI is InChI=1S/C35H37ClN2O6.ClH/c1-43-32-18-23(8-15-31(32)44-17-16-38-33(39)28-4-2-3-5-29(28)34(38)40)21-37(20-22-6-9-24(10-7-22)35(41)42)30-14-11-25-19-26(36)12-13-27(25)30;/h2-5,8,12-13,15,18-19,22,24,30H,6-7,9-11,14,16-17,20-21H2,1H3,(H,41,42);1H/t22?,24?,30-;/m0./s1. The van der Waals surface area contributed by atoms with Gasteiger partial charge in [0.2, 0.25) is 0 Å². The van der Waals surface area contributed by atoms with Crippen molar-refractivity contribution in [3.05, 3.63) is 93.5 Å². The van der Waals surface area contributed by atoms with Crippen LogP contribution in [0.2, 0.25) is 5.02 Å². The van der Waals surface area contributed by atoms with Gasteiger partial charge in [-0.15, -0.1) is 12.4 Å². The van der Waals surface area contributed by atoms with E-state index in [4.69, 9.17) is 21.1 Å². The van der Waals surface area contributed by atoms with E-state index in [1.165, 1.54) is 16.0 Å². The van der Waals surface area contributed by atoms with Crippen LogP contribution in [0.15, 0.2) is 60.7 Å². The number of benzene rings is 3. The average molecular weight is 654 g/mol. The molecule has 45 heavy (non-hydrogen) atoms. The number of ether oxygens (including phenoxy) is 2. The summed E-state index contributed by atoms with van der Waals surface area (Å²) in [5.74, 6) is 0.0572. The number of fused-ring (bicyclic) bond motifs is 2. The molecule has 1 atom stereocenters. The fraction of sp³-hybridized carbons (Fsp3) is 0.400. The molecule has 2 amide bonds. The lowest BCUT2D eigenvalue weighted by molar-refractivity contribution is -0.143. The summed E-state index contributed by atoms with van der Waals surface area (Å²) < 4.78 is 11.7. The van der Waals surface area contributed by atoms with E-state index in [-0.39, 0.29) is 49.3 Å². The Morgan fingerprint density at radius 3 is 2.33 bits per heavy atom. The number of carboxylic acid groups (broad SMARTS) is 1. The summed E-state index contributed by atoms with van der Waals surface area (Å²) >= 11 is 6.31. The van der Waals surface area contributed by atoms with Crippen LogP contribution in [0.3, 0.4) is 0 Å². The number of halogens is 2. The van der Waals surface area contributed by atoms with E-state index in [2.05, 4.69) is 17.0 Å². The number of carboxylic acids is 1. The zero-order chi connectivity index (χ0) is 30.8. The van der Waals surface area contributed by atoms with E-state index in [1.807, 2.05) is 24.3 Å². The number of amides is 2. The van der Waals surface area contributed by atoms with Gasteiger partial charge < -0.3 is 14.6 Å². The third kappa shape index (κ3) is 6.98. The maximum absolute atomic E-state index is 12.7. The van der Waals surface area contributed by atoms with Gasteiger partial charge in [0.1, 0.15) is 6.61 Å². The average Bonchev–Trinajstić information content (AvgIpc) is 3.55. The third-order valence-electron chi connectivity index (χ3n) is 9.34. The summed E-state index contributed by atoms with van der Waals surface area (Å²) in [6, 6.07) is 19.2. The van der Waals surface area contributed by atoms with Crippen LogP contribution in [-0.4, -0.2) is 59.5 Å². The number of rotatable bonds is 11. The lowest BCUT2D eigenvalue weighted by Gasteiger charge is -2.35. The lowest BCUT2D eigenvalue weighted by Crippen LogP contribution is -2.34. The van der Waals surface area contributed by atoms with Gasteiger partial charge in [-0.3, -0.25) is 24.2 Å². The predicted octanol–water partition coefficient (Wildman–Crippen LogP) is 6.83. The summed E-state index contributed by atoms with van der Waals surface area (Å²) in [6.07, 6.45) is 5.27. The van der Waals surface area contributed by atoms with Crippen LogP contribution < -0.4 is 9.47 Å². The molecule has 1 N–H and O–H groups in total. The predicted molar refractivity (Wildman–Crippen MR) is 174 cm³/mol. The van der Waals surface area contributed by atoms with Crippen molar-refractivity contribution in [2.75, 3.05) is 26.8 Å². The molecule has 0 saturated heterocycles. The SMILES string of the molecule is COc1cc(CN(CC2CCC(C(=O)O)CC2)[C@H]2CCc3cc(Cl)ccc32)ccc1OCCN1C(=O)c2ccccc2C1=O.Cl. The van der Waals surface area contributed by atoms with Crippen molar-refractivity contribution >= 4 is 41.8 Å². The molecule has 1 saturated carbocycles. The first-order valence-electron chi connectivity index (χ1n) is 15.3. The van der Waals surface area contributed by atoms with E-state index in [9.17, 15) is 19.5 Å². The van der Waals surface area contributed by atoms with Crippen molar-refractivity contribution < 1.29 is 29.0 Å². The Labute approximate surface area is 274 Å². The van der Waals surface area contributed by atoms with Crippen LogP contribution in [0, 0.1) is 11.8 Å². The number of aliphatic carboxylic acids is 1. The highest BCUT2D eigenvalue weighted by molar-refractivity contribution is 6.30. The number of carbonyl (C=O) groups is 3. The van der Waals surface area contributed by atoms with E-state index >= 15 is 0 Å². The van der Waals surface area contributed by atoms with E-state index in [1.54, 1.807) is 31.4 Å². The molecular weight excluding hydrogens is 615 g/mol. The largest absolute Gasteiger partial charge is 0.493 e. The van der Waals surface area contributed by atoms with Crippen LogP contribution in [0.25, 0.3) is 0 Å². The van der Waals surface area contributed by atoms with Gasteiger partial charge in [0, 0.05) is 24.2 Å². The molecule has 10 heteroatoms. The zero-order valence-electron chi connectivity index (χ0n) is 25.2. The van der Waals surface area contributed by atoms with Crippen molar-refractivity contribution in [2.24, 2.45) is 11.8 Å². The molecule has 3 aromatic rings. The molecule has 0 bridgehead atoms. The second kappa shape index (κ2) is 14.2. The first kappa shape index (κ1) is 32.8. The van der Waals surface area contributed by atoms with Gasteiger partial charge in [0.25, 0.3) is 11.8 Å². The van der Waals surface area contributed by atoms with Crippen molar-refractivity contribution in [3.8, 4) is 11.5 Å². The smallest absolute Gasteiger partial charge is 0.306 e. The Hall–Kier alpha value is -3.59. The molecule has 238 valence electrons. The van der Waals surface area contributed by atoms with Gasteiger partial charge in [0.15, 0.2) is 11.5 Å². The maximum Gasteiger partial charge on any atom is 0.306 e.